The van der Waals surface area contributed by atoms with Gasteiger partial charge in [0.1, 0.15) is 19.0 Å². The zero-order valence-corrected chi connectivity index (χ0v) is 12.4. The molecule has 3 aromatic rings. The van der Waals surface area contributed by atoms with Crippen LogP contribution in [-0.2, 0) is 13.6 Å². The number of nitrogens with zero attached hydrogens (tertiary/aromatic N) is 2. The number of aryl methyl sites for hydroxylation is 1. The number of ether oxygens (including phenoxy) is 2. The first-order valence-electron chi connectivity index (χ1n) is 7.36. The van der Waals surface area contributed by atoms with Crippen LogP contribution in [0.25, 0.3) is 11.0 Å². The normalized spacial score (nSPS) is 13.3. The number of benzene rings is 2. The summed E-state index contributed by atoms with van der Waals surface area (Å²) < 4.78 is 13.4. The first-order valence-corrected chi connectivity index (χ1v) is 7.36. The van der Waals surface area contributed by atoms with Gasteiger partial charge < -0.3 is 19.4 Å². The molecule has 1 aliphatic rings. The topological polar surface area (TPSA) is 48.3 Å². The van der Waals surface area contributed by atoms with Crippen molar-refractivity contribution in [2.45, 2.75) is 6.54 Å². The summed E-state index contributed by atoms with van der Waals surface area (Å²) in [6, 6.07) is 14.0. The predicted molar refractivity (Wildman–Crippen MR) is 85.5 cm³/mol. The molecule has 112 valence electrons. The lowest BCUT2D eigenvalue weighted by Gasteiger charge is -2.21. The number of hydrogen-bond donors (Lipinski definition) is 1. The van der Waals surface area contributed by atoms with Gasteiger partial charge in [0.2, 0.25) is 0 Å². The van der Waals surface area contributed by atoms with E-state index in [0.717, 1.165) is 34.0 Å². The summed E-state index contributed by atoms with van der Waals surface area (Å²) in [6.45, 7) is 1.81. The van der Waals surface area contributed by atoms with Gasteiger partial charge in [-0.3, -0.25) is 0 Å². The van der Waals surface area contributed by atoms with Crippen LogP contribution in [-0.4, -0.2) is 22.8 Å². The highest BCUT2D eigenvalue weighted by molar-refractivity contribution is 5.75. The maximum Gasteiger partial charge on any atom is 0.184 e. The second-order valence-electron chi connectivity index (χ2n) is 5.26. The third kappa shape index (κ3) is 2.15. The van der Waals surface area contributed by atoms with Gasteiger partial charge in [-0.1, -0.05) is 18.2 Å². The number of imidazole rings is 1. The Hall–Kier alpha value is -2.69. The summed E-state index contributed by atoms with van der Waals surface area (Å²) in [4.78, 5) is 4.67. The summed E-state index contributed by atoms with van der Waals surface area (Å²) in [6.07, 6.45) is 0. The Labute approximate surface area is 128 Å². The van der Waals surface area contributed by atoms with Crippen LogP contribution in [0.5, 0.6) is 11.5 Å². The molecule has 0 unspecified atom stereocenters. The van der Waals surface area contributed by atoms with Gasteiger partial charge in [-0.15, -0.1) is 0 Å². The SMILES string of the molecule is Cn1c(CNc2cccc3c2OCCO3)nc2ccccc21. The number of hydrogen-bond acceptors (Lipinski definition) is 4. The monoisotopic (exact) mass is 295 g/mol. The van der Waals surface area contributed by atoms with E-state index in [1.54, 1.807) is 0 Å². The van der Waals surface area contributed by atoms with Crippen LogP contribution < -0.4 is 14.8 Å². The zero-order chi connectivity index (χ0) is 14.9. The number of fused-ring (bicyclic) bond motifs is 2. The third-order valence-corrected chi connectivity index (χ3v) is 3.88. The summed E-state index contributed by atoms with van der Waals surface area (Å²) in [5, 5.41) is 3.40. The minimum Gasteiger partial charge on any atom is -0.486 e. The highest BCUT2D eigenvalue weighted by Gasteiger charge is 2.16. The maximum absolute atomic E-state index is 5.72. The molecule has 5 heteroatoms. The number of nitrogens with one attached hydrogen (secondary N) is 1. The van der Waals surface area contributed by atoms with Crippen molar-refractivity contribution in [3.8, 4) is 11.5 Å². The predicted octanol–water partition coefficient (Wildman–Crippen LogP) is 2.96. The van der Waals surface area contributed by atoms with E-state index in [2.05, 4.69) is 20.9 Å². The molecule has 1 aliphatic heterocycles. The van der Waals surface area contributed by atoms with E-state index in [9.17, 15) is 0 Å². The van der Waals surface area contributed by atoms with Crippen molar-refractivity contribution in [1.29, 1.82) is 0 Å². The third-order valence-electron chi connectivity index (χ3n) is 3.88. The summed E-state index contributed by atoms with van der Waals surface area (Å²) in [5.41, 5.74) is 3.08. The lowest BCUT2D eigenvalue weighted by Crippen LogP contribution is -2.17. The van der Waals surface area contributed by atoms with E-state index in [0.29, 0.717) is 19.8 Å². The Balaban J connectivity index is 1.61. The molecule has 2 aromatic carbocycles. The summed E-state index contributed by atoms with van der Waals surface area (Å²) in [7, 11) is 2.03. The fourth-order valence-corrected chi connectivity index (χ4v) is 2.74. The Morgan fingerprint density at radius 1 is 1.09 bits per heavy atom. The van der Waals surface area contributed by atoms with Crippen molar-refractivity contribution < 1.29 is 9.47 Å². The quantitative estimate of drug-likeness (QED) is 0.807. The molecule has 1 aromatic heterocycles. The molecule has 0 atom stereocenters. The Kier molecular flexibility index (Phi) is 3.11. The zero-order valence-electron chi connectivity index (χ0n) is 12.4. The van der Waals surface area contributed by atoms with Crippen LogP contribution in [0.15, 0.2) is 42.5 Å². The van der Waals surface area contributed by atoms with E-state index in [4.69, 9.17) is 9.47 Å². The standard InChI is InChI=1S/C17H17N3O2/c1-20-14-7-3-2-5-12(14)19-16(20)11-18-13-6-4-8-15-17(13)22-10-9-21-15/h2-8,18H,9-11H2,1H3. The first-order chi connectivity index (χ1) is 10.8. The lowest BCUT2D eigenvalue weighted by molar-refractivity contribution is 0.172. The molecule has 2 heterocycles. The van der Waals surface area contributed by atoms with Crippen molar-refractivity contribution in [2.75, 3.05) is 18.5 Å². The molecule has 22 heavy (non-hydrogen) atoms. The van der Waals surface area contributed by atoms with Gasteiger partial charge >= 0.3 is 0 Å². The van der Waals surface area contributed by atoms with E-state index in [1.165, 1.54) is 0 Å². The second-order valence-corrected chi connectivity index (χ2v) is 5.26. The van der Waals surface area contributed by atoms with Crippen LogP contribution in [0.3, 0.4) is 0 Å². The Morgan fingerprint density at radius 2 is 1.95 bits per heavy atom. The number of aromatic nitrogens is 2. The van der Waals surface area contributed by atoms with E-state index in [-0.39, 0.29) is 0 Å². The van der Waals surface area contributed by atoms with Crippen LogP contribution in [0.4, 0.5) is 5.69 Å². The summed E-state index contributed by atoms with van der Waals surface area (Å²) >= 11 is 0. The smallest absolute Gasteiger partial charge is 0.184 e. The maximum atomic E-state index is 5.72. The van der Waals surface area contributed by atoms with Gasteiger partial charge in [-0.2, -0.15) is 0 Å². The van der Waals surface area contributed by atoms with E-state index < -0.39 is 0 Å². The van der Waals surface area contributed by atoms with E-state index >= 15 is 0 Å². The molecule has 0 saturated carbocycles. The van der Waals surface area contributed by atoms with Crippen molar-refractivity contribution in [3.05, 3.63) is 48.3 Å². The molecule has 0 amide bonds. The number of para-hydroxylation sites is 3. The van der Waals surface area contributed by atoms with Crippen LogP contribution in [0.2, 0.25) is 0 Å². The van der Waals surface area contributed by atoms with Crippen LogP contribution in [0, 0.1) is 0 Å². The van der Waals surface area contributed by atoms with Gasteiger partial charge in [-0.25, -0.2) is 4.98 Å². The van der Waals surface area contributed by atoms with Gasteiger partial charge in [-0.05, 0) is 24.3 Å². The highest BCUT2D eigenvalue weighted by atomic mass is 16.6. The molecular formula is C17H17N3O2. The largest absolute Gasteiger partial charge is 0.486 e. The molecule has 0 radical (unpaired) electrons. The van der Waals surface area contributed by atoms with Crippen molar-refractivity contribution in [2.24, 2.45) is 7.05 Å². The van der Waals surface area contributed by atoms with Gasteiger partial charge in [0.05, 0.1) is 23.3 Å². The highest BCUT2D eigenvalue weighted by Crippen LogP contribution is 2.37. The molecule has 0 saturated heterocycles. The molecule has 4 rings (SSSR count). The molecule has 0 aliphatic carbocycles. The van der Waals surface area contributed by atoms with Gasteiger partial charge in [0, 0.05) is 7.05 Å². The fraction of sp³-hybridized carbons (Fsp3) is 0.235. The number of anilines is 1. The van der Waals surface area contributed by atoms with Crippen LogP contribution >= 0.6 is 0 Å². The molecular weight excluding hydrogens is 278 g/mol. The van der Waals surface area contributed by atoms with Gasteiger partial charge in [0.25, 0.3) is 0 Å². The number of rotatable bonds is 3. The van der Waals surface area contributed by atoms with Crippen LogP contribution in [0.1, 0.15) is 5.82 Å². The molecule has 1 N–H and O–H groups in total. The molecule has 0 bridgehead atoms. The Bertz CT molecular complexity index is 826. The Morgan fingerprint density at radius 3 is 2.86 bits per heavy atom. The summed E-state index contributed by atoms with van der Waals surface area (Å²) in [5.74, 6) is 2.56. The second kappa shape index (κ2) is 5.26. The average molecular weight is 295 g/mol. The fourth-order valence-electron chi connectivity index (χ4n) is 2.74. The van der Waals surface area contributed by atoms with Crippen molar-refractivity contribution in [1.82, 2.24) is 9.55 Å². The lowest BCUT2D eigenvalue weighted by atomic mass is 10.2. The minimum atomic E-state index is 0.581. The molecule has 0 spiro atoms. The average Bonchev–Trinajstić information content (AvgIpc) is 2.89. The molecule has 5 nitrogen and oxygen atoms in total. The van der Waals surface area contributed by atoms with Gasteiger partial charge in [0.15, 0.2) is 11.5 Å². The van der Waals surface area contributed by atoms with Crippen molar-refractivity contribution >= 4 is 16.7 Å². The first kappa shape index (κ1) is 13.0. The van der Waals surface area contributed by atoms with E-state index in [1.807, 2.05) is 43.4 Å². The molecule has 0 fully saturated rings. The van der Waals surface area contributed by atoms with Crippen molar-refractivity contribution in [3.63, 3.8) is 0 Å². The minimum absolute atomic E-state index is 0.581.